The zero-order valence-electron chi connectivity index (χ0n) is 20.0. The van der Waals surface area contributed by atoms with Crippen LogP contribution >= 0.6 is 0 Å². The van der Waals surface area contributed by atoms with Crippen molar-refractivity contribution >= 4 is 11.6 Å². The van der Waals surface area contributed by atoms with Gasteiger partial charge in [-0.05, 0) is 56.3 Å². The number of halogens is 2. The van der Waals surface area contributed by atoms with Gasteiger partial charge in [0, 0.05) is 38.2 Å². The summed E-state index contributed by atoms with van der Waals surface area (Å²) in [5, 5.41) is 10.7. The predicted octanol–water partition coefficient (Wildman–Crippen LogP) is 4.21. The highest BCUT2D eigenvalue weighted by molar-refractivity contribution is 5.83. The molecule has 0 bridgehead atoms. The van der Waals surface area contributed by atoms with Crippen LogP contribution in [-0.4, -0.2) is 78.4 Å². The van der Waals surface area contributed by atoms with Crippen molar-refractivity contribution < 1.29 is 18.7 Å². The third-order valence-electron chi connectivity index (χ3n) is 7.17. The van der Waals surface area contributed by atoms with Gasteiger partial charge in [-0.15, -0.1) is 0 Å². The Hall–Kier alpha value is -2.77. The molecule has 1 fully saturated rings. The van der Waals surface area contributed by atoms with Gasteiger partial charge in [0.2, 0.25) is 0 Å². The molecule has 2 unspecified atom stereocenters. The number of nitrogens with zero attached hydrogens (tertiary/aromatic N) is 3. The van der Waals surface area contributed by atoms with E-state index in [0.717, 1.165) is 11.1 Å². The number of aliphatic hydroxyl groups excluding tert-OH is 1. The molecule has 0 aliphatic carbocycles. The number of rotatable bonds is 4. The molecular weight excluding hydrogens is 436 g/mol. The number of aliphatic hydroxyl groups is 1. The molecule has 7 heteroatoms. The lowest BCUT2D eigenvalue weighted by molar-refractivity contribution is 0.0758. The van der Waals surface area contributed by atoms with E-state index in [9.17, 15) is 18.7 Å². The van der Waals surface area contributed by atoms with Gasteiger partial charge in [-0.25, -0.2) is 13.6 Å². The number of amides is 2. The molecule has 4 rings (SSSR count). The number of carbonyl (C=O) groups excluding carboxylic acids is 1. The highest BCUT2D eigenvalue weighted by Crippen LogP contribution is 2.41. The number of alkyl halides is 1. The van der Waals surface area contributed by atoms with Crippen LogP contribution in [-0.2, 0) is 5.54 Å². The molecule has 2 aliphatic rings. The van der Waals surface area contributed by atoms with Crippen LogP contribution in [0, 0.1) is 12.7 Å². The second-order valence-electron chi connectivity index (χ2n) is 9.62. The molecule has 2 aromatic rings. The summed E-state index contributed by atoms with van der Waals surface area (Å²) >= 11 is 0. The number of aryl methyl sites for hydroxylation is 1. The molecule has 0 saturated carbocycles. The van der Waals surface area contributed by atoms with Crippen molar-refractivity contribution in [3.05, 3.63) is 77.1 Å². The number of benzene rings is 2. The predicted molar refractivity (Wildman–Crippen MR) is 130 cm³/mol. The van der Waals surface area contributed by atoms with Crippen molar-refractivity contribution in [3.8, 4) is 0 Å². The van der Waals surface area contributed by atoms with Crippen LogP contribution in [0.1, 0.15) is 29.5 Å². The monoisotopic (exact) mass is 469 g/mol. The summed E-state index contributed by atoms with van der Waals surface area (Å²) in [6.07, 6.45) is 1.73. The summed E-state index contributed by atoms with van der Waals surface area (Å²) in [6.45, 7) is 2.73. The average molecular weight is 470 g/mol. The van der Waals surface area contributed by atoms with E-state index in [2.05, 4.69) is 0 Å². The van der Waals surface area contributed by atoms with Crippen molar-refractivity contribution in [1.29, 1.82) is 0 Å². The van der Waals surface area contributed by atoms with Gasteiger partial charge < -0.3 is 19.8 Å². The molecule has 5 nitrogen and oxygen atoms in total. The van der Waals surface area contributed by atoms with E-state index in [1.807, 2.05) is 55.3 Å². The van der Waals surface area contributed by atoms with Gasteiger partial charge in [-0.2, -0.15) is 0 Å². The van der Waals surface area contributed by atoms with Crippen molar-refractivity contribution in [2.24, 2.45) is 0 Å². The van der Waals surface area contributed by atoms with Gasteiger partial charge in [-0.3, -0.25) is 0 Å². The third kappa shape index (κ3) is 4.59. The van der Waals surface area contributed by atoms with E-state index >= 15 is 0 Å². The van der Waals surface area contributed by atoms with Gasteiger partial charge >= 0.3 is 6.03 Å². The van der Waals surface area contributed by atoms with E-state index in [0.29, 0.717) is 30.6 Å². The number of urea groups is 1. The van der Waals surface area contributed by atoms with Gasteiger partial charge in [-0.1, -0.05) is 42.0 Å². The molecule has 3 atom stereocenters. The summed E-state index contributed by atoms with van der Waals surface area (Å²) in [6, 6.07) is 13.6. The van der Waals surface area contributed by atoms with Crippen LogP contribution in [0.3, 0.4) is 0 Å². The lowest BCUT2D eigenvalue weighted by Gasteiger charge is -2.41. The molecule has 0 spiro atoms. The SMILES string of the molecule is Cc1ccc(F)c(C2=C[C@@](CO)(c3ccccc3)N(C(=O)N(C)C3CCN(C)CC(F)C3)C2)c1. The summed E-state index contributed by atoms with van der Waals surface area (Å²) in [5.41, 5.74) is 1.57. The van der Waals surface area contributed by atoms with Crippen molar-refractivity contribution in [1.82, 2.24) is 14.7 Å². The molecule has 2 aliphatic heterocycles. The minimum atomic E-state index is -1.14. The average Bonchev–Trinajstić information content (AvgIpc) is 3.14. The fourth-order valence-corrected chi connectivity index (χ4v) is 5.18. The summed E-state index contributed by atoms with van der Waals surface area (Å²) in [7, 11) is 3.58. The molecule has 2 amide bonds. The Bertz CT molecular complexity index is 1060. The van der Waals surface area contributed by atoms with E-state index < -0.39 is 11.7 Å². The van der Waals surface area contributed by atoms with Gasteiger partial charge in [0.1, 0.15) is 17.5 Å². The molecule has 0 radical (unpaired) electrons. The fraction of sp³-hybridized carbons (Fsp3) is 0.444. The number of hydrogen-bond acceptors (Lipinski definition) is 3. The first-order chi connectivity index (χ1) is 16.2. The summed E-state index contributed by atoms with van der Waals surface area (Å²) in [5.74, 6) is -0.369. The van der Waals surface area contributed by atoms with E-state index in [-0.39, 0.29) is 37.5 Å². The van der Waals surface area contributed by atoms with Gasteiger partial charge in [0.05, 0.1) is 6.61 Å². The lowest BCUT2D eigenvalue weighted by Crippen LogP contribution is -2.54. The first kappa shape index (κ1) is 24.4. The number of carbonyl (C=O) groups is 1. The summed E-state index contributed by atoms with van der Waals surface area (Å²) < 4.78 is 29.3. The van der Waals surface area contributed by atoms with Crippen LogP contribution in [0.15, 0.2) is 54.6 Å². The Morgan fingerprint density at radius 3 is 2.68 bits per heavy atom. The van der Waals surface area contributed by atoms with Crippen LogP contribution in [0.2, 0.25) is 0 Å². The largest absolute Gasteiger partial charge is 0.393 e. The maximum absolute atomic E-state index is 14.8. The summed E-state index contributed by atoms with van der Waals surface area (Å²) in [4.78, 5) is 19.0. The topological polar surface area (TPSA) is 47.0 Å². The number of likely N-dealkylation sites (tertiary alicyclic amines) is 1. The molecule has 1 saturated heterocycles. The van der Waals surface area contributed by atoms with Crippen LogP contribution < -0.4 is 0 Å². The van der Waals surface area contributed by atoms with Crippen LogP contribution in [0.25, 0.3) is 5.57 Å². The van der Waals surface area contributed by atoms with Crippen molar-refractivity contribution in [3.63, 3.8) is 0 Å². The van der Waals surface area contributed by atoms with E-state index in [1.54, 1.807) is 29.0 Å². The molecule has 34 heavy (non-hydrogen) atoms. The highest BCUT2D eigenvalue weighted by atomic mass is 19.1. The van der Waals surface area contributed by atoms with Crippen LogP contribution in [0.5, 0.6) is 0 Å². The Labute approximate surface area is 200 Å². The first-order valence-electron chi connectivity index (χ1n) is 11.8. The third-order valence-corrected chi connectivity index (χ3v) is 7.17. The molecule has 1 N–H and O–H groups in total. The second-order valence-corrected chi connectivity index (χ2v) is 9.62. The standard InChI is InChI=1S/C27H33F2N3O2/c1-19-9-10-25(29)24(13-19)20-15-27(18-33,21-7-5-4-6-8-21)32(16-20)26(34)31(3)23-11-12-30(2)17-22(28)14-23/h4-10,13,15,22-23,33H,11-12,14,16-18H2,1-3H3/t22?,23?,27-/m1/s1. The zero-order chi connectivity index (χ0) is 24.5. The molecule has 0 aromatic heterocycles. The normalized spacial score (nSPS) is 25.7. The zero-order valence-corrected chi connectivity index (χ0v) is 20.0. The molecule has 2 aromatic carbocycles. The smallest absolute Gasteiger partial charge is 0.321 e. The Morgan fingerprint density at radius 1 is 1.24 bits per heavy atom. The Morgan fingerprint density at radius 2 is 1.97 bits per heavy atom. The van der Waals surface area contributed by atoms with E-state index in [1.165, 1.54) is 6.07 Å². The second kappa shape index (κ2) is 9.84. The maximum Gasteiger partial charge on any atom is 0.321 e. The van der Waals surface area contributed by atoms with Crippen LogP contribution in [0.4, 0.5) is 13.6 Å². The maximum atomic E-state index is 14.8. The molecule has 2 heterocycles. The lowest BCUT2D eigenvalue weighted by atomic mass is 9.89. The minimum absolute atomic E-state index is 0.144. The highest BCUT2D eigenvalue weighted by Gasteiger charge is 2.46. The van der Waals surface area contributed by atoms with Crippen molar-refractivity contribution in [2.45, 2.75) is 37.5 Å². The first-order valence-corrected chi connectivity index (χ1v) is 11.8. The van der Waals surface area contributed by atoms with Gasteiger partial charge in [0.25, 0.3) is 0 Å². The molecular formula is C27H33F2N3O2. The Kier molecular flexibility index (Phi) is 7.05. The fourth-order valence-electron chi connectivity index (χ4n) is 5.18. The quantitative estimate of drug-likeness (QED) is 0.730. The van der Waals surface area contributed by atoms with E-state index in [4.69, 9.17) is 0 Å². The number of hydrogen-bond donors (Lipinski definition) is 1. The molecule has 182 valence electrons. The minimum Gasteiger partial charge on any atom is -0.393 e. The Balaban J connectivity index is 1.73. The van der Waals surface area contributed by atoms with Crippen molar-refractivity contribution in [2.75, 3.05) is 40.3 Å². The van der Waals surface area contributed by atoms with Gasteiger partial charge in [0.15, 0.2) is 0 Å².